The monoisotopic (exact) mass is 435 g/mol. The number of amides is 3. The molecule has 0 unspecified atom stereocenters. The van der Waals surface area contributed by atoms with Gasteiger partial charge >= 0.3 is 0 Å². The SMILES string of the molecule is Cc1ccccc1N1C(=O)[C@H]2[C@@H](C1=O)[C@]1(C(=O)Nc3c(C)cc(Cl)cc31)N1CCC[C@@H]21. The van der Waals surface area contributed by atoms with Crippen molar-refractivity contribution < 1.29 is 14.4 Å². The Hall–Kier alpha value is -2.70. The van der Waals surface area contributed by atoms with Gasteiger partial charge in [-0.25, -0.2) is 4.90 Å². The molecule has 7 heteroatoms. The Morgan fingerprint density at radius 2 is 1.84 bits per heavy atom. The number of carbonyl (C=O) groups is 3. The van der Waals surface area contributed by atoms with Crippen LogP contribution in [-0.2, 0) is 19.9 Å². The molecule has 3 saturated heterocycles. The summed E-state index contributed by atoms with van der Waals surface area (Å²) < 4.78 is 0. The summed E-state index contributed by atoms with van der Waals surface area (Å²) in [4.78, 5) is 44.8. The van der Waals surface area contributed by atoms with Crippen molar-refractivity contribution >= 4 is 40.7 Å². The van der Waals surface area contributed by atoms with Gasteiger partial charge < -0.3 is 5.32 Å². The number of rotatable bonds is 1. The average Bonchev–Trinajstić information content (AvgIpc) is 3.42. The lowest BCUT2D eigenvalue weighted by atomic mass is 9.75. The highest BCUT2D eigenvalue weighted by atomic mass is 35.5. The summed E-state index contributed by atoms with van der Waals surface area (Å²) in [7, 11) is 0. The minimum Gasteiger partial charge on any atom is -0.324 e. The highest BCUT2D eigenvalue weighted by Crippen LogP contribution is 2.61. The van der Waals surface area contributed by atoms with E-state index in [4.69, 9.17) is 11.6 Å². The fraction of sp³-hybridized carbons (Fsp3) is 0.375. The number of nitrogens with zero attached hydrogens (tertiary/aromatic N) is 2. The van der Waals surface area contributed by atoms with E-state index in [1.165, 1.54) is 4.90 Å². The predicted octanol–water partition coefficient (Wildman–Crippen LogP) is 3.39. The third-order valence-electron chi connectivity index (χ3n) is 7.62. The molecule has 0 bridgehead atoms. The Bertz CT molecular complexity index is 1190. The molecule has 0 saturated carbocycles. The number of nitrogens with one attached hydrogen (secondary N) is 1. The first-order valence-corrected chi connectivity index (χ1v) is 11.1. The van der Waals surface area contributed by atoms with Crippen LogP contribution in [0.4, 0.5) is 11.4 Å². The number of imide groups is 1. The molecule has 0 aliphatic carbocycles. The topological polar surface area (TPSA) is 69.7 Å². The van der Waals surface area contributed by atoms with Gasteiger partial charge in [0.15, 0.2) is 0 Å². The van der Waals surface area contributed by atoms with Crippen LogP contribution in [-0.4, -0.2) is 35.2 Å². The molecule has 3 fully saturated rings. The van der Waals surface area contributed by atoms with Gasteiger partial charge in [0.05, 0.1) is 17.5 Å². The molecule has 0 radical (unpaired) electrons. The van der Waals surface area contributed by atoms with Crippen LogP contribution in [0.25, 0.3) is 0 Å². The summed E-state index contributed by atoms with van der Waals surface area (Å²) in [5.74, 6) is -2.01. The molecular weight excluding hydrogens is 414 g/mol. The molecule has 3 amide bonds. The molecular formula is C24H22ClN3O3. The maximum absolute atomic E-state index is 13.9. The van der Waals surface area contributed by atoms with Crippen molar-refractivity contribution in [3.05, 3.63) is 58.1 Å². The fourth-order valence-corrected chi connectivity index (χ4v) is 6.76. The minimum atomic E-state index is -1.19. The minimum absolute atomic E-state index is 0.133. The first-order valence-electron chi connectivity index (χ1n) is 10.7. The molecule has 1 N–H and O–H groups in total. The van der Waals surface area contributed by atoms with Crippen molar-refractivity contribution in [2.24, 2.45) is 11.8 Å². The Labute approximate surface area is 185 Å². The van der Waals surface area contributed by atoms with Crippen molar-refractivity contribution in [1.29, 1.82) is 0 Å². The predicted molar refractivity (Wildman–Crippen MR) is 117 cm³/mol. The number of aryl methyl sites for hydroxylation is 2. The van der Waals surface area contributed by atoms with Crippen LogP contribution in [0.1, 0.15) is 29.5 Å². The Morgan fingerprint density at radius 1 is 1.06 bits per heavy atom. The lowest BCUT2D eigenvalue weighted by molar-refractivity contribution is -0.135. The second-order valence-electron chi connectivity index (χ2n) is 9.07. The summed E-state index contributed by atoms with van der Waals surface area (Å²) >= 11 is 6.41. The zero-order valence-electron chi connectivity index (χ0n) is 17.3. The number of para-hydroxylation sites is 1. The lowest BCUT2D eigenvalue weighted by Crippen LogP contribution is -2.54. The number of halogens is 1. The first kappa shape index (κ1) is 19.0. The third kappa shape index (κ3) is 2.14. The first-order chi connectivity index (χ1) is 14.9. The van der Waals surface area contributed by atoms with Gasteiger partial charge in [-0.1, -0.05) is 29.8 Å². The van der Waals surface area contributed by atoms with E-state index in [-0.39, 0.29) is 23.8 Å². The number of benzene rings is 2. The Morgan fingerprint density at radius 3 is 2.61 bits per heavy atom. The molecule has 6 nitrogen and oxygen atoms in total. The smallest absolute Gasteiger partial charge is 0.250 e. The van der Waals surface area contributed by atoms with Crippen LogP contribution in [0.15, 0.2) is 36.4 Å². The van der Waals surface area contributed by atoms with Crippen LogP contribution < -0.4 is 10.2 Å². The Balaban J connectivity index is 1.60. The summed E-state index contributed by atoms with van der Waals surface area (Å²) in [5, 5.41) is 3.56. The van der Waals surface area contributed by atoms with Crippen LogP contribution in [0.2, 0.25) is 5.02 Å². The van der Waals surface area contributed by atoms with Gasteiger partial charge in [0.1, 0.15) is 5.54 Å². The average molecular weight is 436 g/mol. The highest BCUT2D eigenvalue weighted by Gasteiger charge is 2.74. The highest BCUT2D eigenvalue weighted by molar-refractivity contribution is 6.31. The van der Waals surface area contributed by atoms with Crippen molar-refractivity contribution in [1.82, 2.24) is 4.90 Å². The summed E-state index contributed by atoms with van der Waals surface area (Å²) in [6.45, 7) is 4.47. The molecule has 2 aromatic rings. The Kier molecular flexibility index (Phi) is 3.79. The molecule has 2 aromatic carbocycles. The van der Waals surface area contributed by atoms with Crippen molar-refractivity contribution in [2.45, 2.75) is 38.3 Å². The van der Waals surface area contributed by atoms with Crippen LogP contribution in [0.3, 0.4) is 0 Å². The number of carbonyl (C=O) groups excluding carboxylic acids is 3. The van der Waals surface area contributed by atoms with E-state index in [9.17, 15) is 14.4 Å². The van der Waals surface area contributed by atoms with Gasteiger partial charge in [0, 0.05) is 22.3 Å². The lowest BCUT2D eigenvalue weighted by Gasteiger charge is -2.36. The maximum Gasteiger partial charge on any atom is 0.250 e. The van der Waals surface area contributed by atoms with E-state index in [1.807, 2.05) is 38.1 Å². The van der Waals surface area contributed by atoms with Gasteiger partial charge in [-0.15, -0.1) is 0 Å². The zero-order valence-corrected chi connectivity index (χ0v) is 18.1. The van der Waals surface area contributed by atoms with E-state index in [2.05, 4.69) is 10.2 Å². The molecule has 4 aliphatic rings. The largest absolute Gasteiger partial charge is 0.324 e. The van der Waals surface area contributed by atoms with Crippen LogP contribution >= 0.6 is 11.6 Å². The van der Waals surface area contributed by atoms with Crippen molar-refractivity contribution in [2.75, 3.05) is 16.8 Å². The van der Waals surface area contributed by atoms with Gasteiger partial charge in [-0.3, -0.25) is 19.3 Å². The second-order valence-corrected chi connectivity index (χ2v) is 9.51. The normalized spacial score (nSPS) is 31.4. The standard InChI is InChI=1S/C24H22ClN3O3/c1-12-6-3-4-7-16(12)28-21(29)18-17-8-5-9-27(17)24(19(18)22(28)30)15-11-14(25)10-13(2)20(15)26-23(24)31/h3-4,6-7,10-11,17-19H,5,8-9H2,1-2H3,(H,26,31)/t17-,18+,19-,24+/m0/s1. The van der Waals surface area contributed by atoms with Gasteiger partial charge in [0.25, 0.3) is 0 Å². The summed E-state index contributed by atoms with van der Waals surface area (Å²) in [6.07, 6.45) is 1.69. The maximum atomic E-state index is 13.9. The number of hydrogen-bond acceptors (Lipinski definition) is 4. The molecule has 158 valence electrons. The molecule has 1 spiro atoms. The third-order valence-corrected chi connectivity index (χ3v) is 7.84. The van der Waals surface area contributed by atoms with E-state index >= 15 is 0 Å². The quantitative estimate of drug-likeness (QED) is 0.697. The fourth-order valence-electron chi connectivity index (χ4n) is 6.49. The van der Waals surface area contributed by atoms with E-state index in [0.717, 1.165) is 35.2 Å². The van der Waals surface area contributed by atoms with Crippen molar-refractivity contribution in [3.8, 4) is 0 Å². The number of hydrogen-bond donors (Lipinski definition) is 1. The van der Waals surface area contributed by atoms with E-state index in [0.29, 0.717) is 17.3 Å². The molecule has 4 heterocycles. The van der Waals surface area contributed by atoms with E-state index < -0.39 is 17.4 Å². The molecule has 0 aromatic heterocycles. The van der Waals surface area contributed by atoms with E-state index in [1.54, 1.807) is 12.1 Å². The van der Waals surface area contributed by atoms with Gasteiger partial charge in [-0.2, -0.15) is 0 Å². The summed E-state index contributed by atoms with van der Waals surface area (Å²) in [5.41, 5.74) is 2.58. The molecule has 6 rings (SSSR count). The zero-order chi connectivity index (χ0) is 21.7. The number of anilines is 2. The second kappa shape index (κ2) is 6.17. The van der Waals surface area contributed by atoms with Crippen LogP contribution in [0.5, 0.6) is 0 Å². The summed E-state index contributed by atoms with van der Waals surface area (Å²) in [6, 6.07) is 10.9. The van der Waals surface area contributed by atoms with Crippen LogP contribution in [0, 0.1) is 25.7 Å². The van der Waals surface area contributed by atoms with Crippen molar-refractivity contribution in [3.63, 3.8) is 0 Å². The molecule has 4 atom stereocenters. The molecule has 31 heavy (non-hydrogen) atoms. The van der Waals surface area contributed by atoms with Gasteiger partial charge in [-0.05, 0) is 62.6 Å². The van der Waals surface area contributed by atoms with Gasteiger partial charge in [0.2, 0.25) is 17.7 Å². The molecule has 4 aliphatic heterocycles. The number of fused-ring (bicyclic) bond motifs is 7.